The van der Waals surface area contributed by atoms with Crippen LogP contribution < -0.4 is 5.32 Å². The van der Waals surface area contributed by atoms with E-state index in [1.165, 1.54) is 11.1 Å². The van der Waals surface area contributed by atoms with Crippen LogP contribution in [0.5, 0.6) is 0 Å². The van der Waals surface area contributed by atoms with Crippen molar-refractivity contribution in [2.45, 2.75) is 13.5 Å². The van der Waals surface area contributed by atoms with E-state index in [9.17, 15) is 0 Å². The van der Waals surface area contributed by atoms with Gasteiger partial charge in [-0.15, -0.1) is 0 Å². The number of hydrogen-bond acceptors (Lipinski definition) is 2. The van der Waals surface area contributed by atoms with Crippen LogP contribution in [0.25, 0.3) is 5.57 Å². The Hall–Kier alpha value is -1.93. The lowest BCUT2D eigenvalue weighted by atomic mass is 10.1. The number of nitrogens with one attached hydrogen (secondary N) is 1. The van der Waals surface area contributed by atoms with Gasteiger partial charge in [-0.2, -0.15) is 0 Å². The molecule has 0 spiro atoms. The highest BCUT2D eigenvalue weighted by molar-refractivity contribution is 5.64. The summed E-state index contributed by atoms with van der Waals surface area (Å²) < 4.78 is 0. The maximum atomic E-state index is 4.36. The molecule has 0 aliphatic carbocycles. The fraction of sp³-hybridized carbons (Fsp3) is 0.188. The summed E-state index contributed by atoms with van der Waals surface area (Å²) in [5.74, 6) is 0. The Kier molecular flexibility index (Phi) is 4.26. The highest BCUT2D eigenvalue weighted by atomic mass is 14.9. The first-order chi connectivity index (χ1) is 8.77. The number of benzene rings is 1. The third-order valence-electron chi connectivity index (χ3n) is 2.93. The molecule has 1 N–H and O–H groups in total. The van der Waals surface area contributed by atoms with Crippen LogP contribution >= 0.6 is 0 Å². The van der Waals surface area contributed by atoms with E-state index in [1.54, 1.807) is 0 Å². The van der Waals surface area contributed by atoms with Gasteiger partial charge in [-0.3, -0.25) is 4.98 Å². The first-order valence-corrected chi connectivity index (χ1v) is 6.12. The van der Waals surface area contributed by atoms with Gasteiger partial charge >= 0.3 is 0 Å². The van der Waals surface area contributed by atoms with Gasteiger partial charge in [0.15, 0.2) is 0 Å². The topological polar surface area (TPSA) is 24.9 Å². The molecule has 1 aromatic heterocycles. The number of rotatable bonds is 5. The summed E-state index contributed by atoms with van der Waals surface area (Å²) in [4.78, 5) is 4.36. The van der Waals surface area contributed by atoms with Crippen LogP contribution in [-0.2, 0) is 6.54 Å². The number of hydrogen-bond donors (Lipinski definition) is 1. The first kappa shape index (κ1) is 12.5. The van der Waals surface area contributed by atoms with Gasteiger partial charge in [0, 0.05) is 19.3 Å². The van der Waals surface area contributed by atoms with E-state index in [-0.39, 0.29) is 0 Å². The summed E-state index contributed by atoms with van der Waals surface area (Å²) in [5.41, 5.74) is 4.60. The molecule has 2 heteroatoms. The van der Waals surface area contributed by atoms with Crippen LogP contribution in [0.2, 0.25) is 0 Å². The maximum absolute atomic E-state index is 4.36. The SMILES string of the molecule is C=C(CNCc1ncccc1C)c1ccccc1. The lowest BCUT2D eigenvalue weighted by Crippen LogP contribution is -2.17. The van der Waals surface area contributed by atoms with Crippen molar-refractivity contribution in [2.24, 2.45) is 0 Å². The molecule has 1 aromatic carbocycles. The van der Waals surface area contributed by atoms with Gasteiger partial charge < -0.3 is 5.32 Å². The van der Waals surface area contributed by atoms with Gasteiger partial charge in [0.25, 0.3) is 0 Å². The first-order valence-electron chi connectivity index (χ1n) is 6.12. The molecule has 0 saturated heterocycles. The van der Waals surface area contributed by atoms with Gasteiger partial charge in [0.2, 0.25) is 0 Å². The molecule has 0 bridgehead atoms. The lowest BCUT2D eigenvalue weighted by Gasteiger charge is -2.09. The summed E-state index contributed by atoms with van der Waals surface area (Å²) >= 11 is 0. The summed E-state index contributed by atoms with van der Waals surface area (Å²) in [6.45, 7) is 7.73. The molecule has 0 saturated carbocycles. The van der Waals surface area contributed by atoms with Crippen molar-refractivity contribution in [3.8, 4) is 0 Å². The minimum atomic E-state index is 0.776. The predicted molar refractivity (Wildman–Crippen MR) is 76.2 cm³/mol. The molecule has 0 amide bonds. The Balaban J connectivity index is 1.86. The van der Waals surface area contributed by atoms with Crippen molar-refractivity contribution < 1.29 is 0 Å². The fourth-order valence-electron chi connectivity index (χ4n) is 1.81. The van der Waals surface area contributed by atoms with Crippen molar-refractivity contribution in [3.63, 3.8) is 0 Å². The van der Waals surface area contributed by atoms with E-state index in [1.807, 2.05) is 30.5 Å². The van der Waals surface area contributed by atoms with Gasteiger partial charge in [-0.1, -0.05) is 43.0 Å². The molecule has 0 unspecified atom stereocenters. The molecular formula is C16H18N2. The largest absolute Gasteiger partial charge is 0.307 e. The summed E-state index contributed by atoms with van der Waals surface area (Å²) in [6.07, 6.45) is 1.83. The van der Waals surface area contributed by atoms with Gasteiger partial charge in [0.1, 0.15) is 0 Å². The van der Waals surface area contributed by atoms with E-state index in [2.05, 4.69) is 42.0 Å². The minimum absolute atomic E-state index is 0.776. The normalized spacial score (nSPS) is 10.3. The molecule has 0 aliphatic heterocycles. The number of aryl methyl sites for hydroxylation is 1. The average molecular weight is 238 g/mol. The second-order valence-electron chi connectivity index (χ2n) is 4.34. The third kappa shape index (κ3) is 3.28. The van der Waals surface area contributed by atoms with E-state index in [4.69, 9.17) is 0 Å². The molecule has 0 aliphatic rings. The Morgan fingerprint density at radius 1 is 1.17 bits per heavy atom. The zero-order chi connectivity index (χ0) is 12.8. The molecule has 92 valence electrons. The third-order valence-corrected chi connectivity index (χ3v) is 2.93. The second kappa shape index (κ2) is 6.12. The highest BCUT2D eigenvalue weighted by Crippen LogP contribution is 2.10. The second-order valence-corrected chi connectivity index (χ2v) is 4.34. The van der Waals surface area contributed by atoms with Crippen molar-refractivity contribution in [3.05, 3.63) is 72.1 Å². The van der Waals surface area contributed by atoms with E-state index < -0.39 is 0 Å². The molecule has 2 aromatic rings. The van der Waals surface area contributed by atoms with Crippen LogP contribution in [-0.4, -0.2) is 11.5 Å². The van der Waals surface area contributed by atoms with Gasteiger partial charge in [0.05, 0.1) is 5.69 Å². The molecule has 0 fully saturated rings. The molecule has 0 atom stereocenters. The smallest absolute Gasteiger partial charge is 0.0570 e. The molecule has 2 rings (SSSR count). The molecule has 1 heterocycles. The van der Waals surface area contributed by atoms with Gasteiger partial charge in [-0.05, 0) is 29.7 Å². The van der Waals surface area contributed by atoms with Crippen LogP contribution in [0.3, 0.4) is 0 Å². The Labute approximate surface area is 108 Å². The quantitative estimate of drug-likeness (QED) is 0.865. The minimum Gasteiger partial charge on any atom is -0.307 e. The van der Waals surface area contributed by atoms with Crippen LogP contribution in [0.4, 0.5) is 0 Å². The van der Waals surface area contributed by atoms with Crippen molar-refractivity contribution >= 4 is 5.57 Å². The van der Waals surface area contributed by atoms with Crippen LogP contribution in [0.1, 0.15) is 16.8 Å². The Bertz CT molecular complexity index is 518. The van der Waals surface area contributed by atoms with Crippen molar-refractivity contribution in [2.75, 3.05) is 6.54 Å². The standard InChI is InChI=1S/C16H18N2/c1-13-7-6-10-18-16(13)12-17-11-14(2)15-8-4-3-5-9-15/h3-10,17H,2,11-12H2,1H3. The predicted octanol–water partition coefficient (Wildman–Crippen LogP) is 3.19. The number of aromatic nitrogens is 1. The summed E-state index contributed by atoms with van der Waals surface area (Å²) in [7, 11) is 0. The molecule has 18 heavy (non-hydrogen) atoms. The van der Waals surface area contributed by atoms with E-state index in [0.717, 1.165) is 24.4 Å². The number of nitrogens with zero attached hydrogens (tertiary/aromatic N) is 1. The van der Waals surface area contributed by atoms with Crippen LogP contribution in [0, 0.1) is 6.92 Å². The van der Waals surface area contributed by atoms with Crippen molar-refractivity contribution in [1.82, 2.24) is 10.3 Å². The lowest BCUT2D eigenvalue weighted by molar-refractivity contribution is 0.742. The van der Waals surface area contributed by atoms with Crippen LogP contribution in [0.15, 0.2) is 55.2 Å². The Morgan fingerprint density at radius 3 is 2.67 bits per heavy atom. The van der Waals surface area contributed by atoms with Gasteiger partial charge in [-0.25, -0.2) is 0 Å². The molecular weight excluding hydrogens is 220 g/mol. The highest BCUT2D eigenvalue weighted by Gasteiger charge is 2.00. The monoisotopic (exact) mass is 238 g/mol. The van der Waals surface area contributed by atoms with E-state index >= 15 is 0 Å². The maximum Gasteiger partial charge on any atom is 0.0570 e. The average Bonchev–Trinajstić information content (AvgIpc) is 2.42. The summed E-state index contributed by atoms with van der Waals surface area (Å²) in [5, 5.41) is 3.38. The fourth-order valence-corrected chi connectivity index (χ4v) is 1.81. The number of pyridine rings is 1. The van der Waals surface area contributed by atoms with Crippen molar-refractivity contribution in [1.29, 1.82) is 0 Å². The molecule has 0 radical (unpaired) electrons. The molecule has 2 nitrogen and oxygen atoms in total. The zero-order valence-corrected chi connectivity index (χ0v) is 10.7. The Morgan fingerprint density at radius 2 is 1.94 bits per heavy atom. The van der Waals surface area contributed by atoms with E-state index in [0.29, 0.717) is 0 Å². The zero-order valence-electron chi connectivity index (χ0n) is 10.7. The summed E-state index contributed by atoms with van der Waals surface area (Å²) in [6, 6.07) is 14.3.